The maximum atomic E-state index is 12.7. The molecule has 0 aromatic heterocycles. The van der Waals surface area contributed by atoms with Gasteiger partial charge in [-0.05, 0) is 0 Å². The number of ether oxygens (including phenoxy) is 3. The summed E-state index contributed by atoms with van der Waals surface area (Å²) >= 11 is -5.48. The fourth-order valence-electron chi connectivity index (χ4n) is 3.59. The van der Waals surface area contributed by atoms with Crippen molar-refractivity contribution in [2.24, 2.45) is 0 Å². The molecular weight excluding hydrogens is 671 g/mol. The van der Waals surface area contributed by atoms with Crippen molar-refractivity contribution in [1.29, 1.82) is 0 Å². The number of esters is 3. The Morgan fingerprint density at radius 1 is 0.419 bits per heavy atom. The molecule has 0 aliphatic carbocycles. The molecule has 0 atom stereocenters. The standard InChI is InChI=1S/C12H25.3C6H8O4.Sn/c1-3-5-7-9-11-12-10-8-6-4-2;3*1-2-10-6(9)4-3-5(7)8;/h1,3-12H2,2H3;3*3-4H,2H2,1H3,(H,7,8);/q;;;;+3/p-3. The fourth-order valence-corrected chi connectivity index (χ4v) is 9.97. The Labute approximate surface area is 259 Å². The number of rotatable bonds is 23. The molecule has 0 aromatic carbocycles. The Kier molecular flexibility index (Phi) is 23.5. The minimum absolute atomic E-state index is 0.0673. The van der Waals surface area contributed by atoms with Gasteiger partial charge < -0.3 is 0 Å². The van der Waals surface area contributed by atoms with E-state index in [-0.39, 0.29) is 24.3 Å². The van der Waals surface area contributed by atoms with Crippen LogP contribution in [-0.4, -0.2) is 75.3 Å². The first-order chi connectivity index (χ1) is 20.6. The van der Waals surface area contributed by atoms with E-state index in [1.807, 2.05) is 0 Å². The van der Waals surface area contributed by atoms with E-state index in [0.717, 1.165) is 62.1 Å². The van der Waals surface area contributed by atoms with Gasteiger partial charge in [0.15, 0.2) is 0 Å². The van der Waals surface area contributed by atoms with E-state index in [4.69, 9.17) is 23.4 Å². The zero-order valence-electron chi connectivity index (χ0n) is 25.8. The van der Waals surface area contributed by atoms with Crippen molar-refractivity contribution in [1.82, 2.24) is 0 Å². The van der Waals surface area contributed by atoms with Gasteiger partial charge in [0, 0.05) is 0 Å². The second-order valence-electron chi connectivity index (χ2n) is 9.13. The van der Waals surface area contributed by atoms with Crippen LogP contribution in [0.15, 0.2) is 36.5 Å². The first kappa shape index (κ1) is 39.8. The predicted octanol–water partition coefficient (Wildman–Crippen LogP) is 4.83. The molecule has 0 amide bonds. The molecule has 0 bridgehead atoms. The predicted molar refractivity (Wildman–Crippen MR) is 158 cm³/mol. The van der Waals surface area contributed by atoms with Gasteiger partial charge in [-0.3, -0.25) is 0 Å². The quantitative estimate of drug-likeness (QED) is 0.0467. The van der Waals surface area contributed by atoms with Crippen molar-refractivity contribution in [3.8, 4) is 0 Å². The van der Waals surface area contributed by atoms with Crippen LogP contribution < -0.4 is 0 Å². The van der Waals surface area contributed by atoms with Crippen LogP contribution in [-0.2, 0) is 52.2 Å². The van der Waals surface area contributed by atoms with Crippen LogP contribution in [0.5, 0.6) is 0 Å². The normalized spacial score (nSPS) is 12.6. The van der Waals surface area contributed by atoms with E-state index in [9.17, 15) is 28.8 Å². The Bertz CT molecular complexity index is 868. The molecule has 0 saturated heterocycles. The third-order valence-electron chi connectivity index (χ3n) is 5.53. The first-order valence-electron chi connectivity index (χ1n) is 14.8. The number of unbranched alkanes of at least 4 members (excludes halogenated alkanes) is 9. The Balaban J connectivity index is 5.85. The van der Waals surface area contributed by atoms with E-state index in [1.165, 1.54) is 25.7 Å². The topological polar surface area (TPSA) is 158 Å². The SMILES string of the molecule is CCCCCCCCCCC[CH2][Sn]([O]C(=O)C=CC(=O)OCC)([O]C(=O)C=CC(=O)OCC)[O]C(=O)C=CC(=O)OCC. The third-order valence-corrected chi connectivity index (χ3v) is 12.7. The van der Waals surface area contributed by atoms with Crippen LogP contribution in [0.3, 0.4) is 0 Å². The molecule has 0 heterocycles. The van der Waals surface area contributed by atoms with Crippen LogP contribution in [0.2, 0.25) is 4.44 Å². The number of hydrogen-bond donors (Lipinski definition) is 0. The monoisotopic (exact) mass is 718 g/mol. The van der Waals surface area contributed by atoms with Crippen molar-refractivity contribution in [3.63, 3.8) is 0 Å². The van der Waals surface area contributed by atoms with Gasteiger partial charge in [-0.2, -0.15) is 0 Å². The molecule has 0 aromatic rings. The molecule has 0 radical (unpaired) electrons. The molecule has 0 unspecified atom stereocenters. The second kappa shape index (κ2) is 25.3. The van der Waals surface area contributed by atoms with Crippen molar-refractivity contribution < 1.29 is 52.2 Å². The molecule has 12 nitrogen and oxygen atoms in total. The summed E-state index contributed by atoms with van der Waals surface area (Å²) < 4.78 is 30.6. The van der Waals surface area contributed by atoms with E-state index >= 15 is 0 Å². The molecule has 242 valence electrons. The van der Waals surface area contributed by atoms with Crippen LogP contribution >= 0.6 is 0 Å². The molecular formula is C30H46O12Sn. The van der Waals surface area contributed by atoms with Crippen molar-refractivity contribution in [2.75, 3.05) is 19.8 Å². The zero-order valence-corrected chi connectivity index (χ0v) is 28.6. The molecule has 0 N–H and O–H groups in total. The van der Waals surface area contributed by atoms with Crippen LogP contribution in [0.1, 0.15) is 91.9 Å². The average Bonchev–Trinajstić information content (AvgIpc) is 2.95. The van der Waals surface area contributed by atoms with Crippen molar-refractivity contribution in [2.45, 2.75) is 96.3 Å². The third kappa shape index (κ3) is 22.1. The van der Waals surface area contributed by atoms with Gasteiger partial charge in [0.2, 0.25) is 0 Å². The molecule has 0 saturated carbocycles. The summed E-state index contributed by atoms with van der Waals surface area (Å²) in [5.74, 6) is -5.71. The maximum absolute atomic E-state index is 12.7. The fraction of sp³-hybridized carbons (Fsp3) is 0.600. The molecule has 0 aliphatic heterocycles. The van der Waals surface area contributed by atoms with Gasteiger partial charge in [-0.25, -0.2) is 0 Å². The molecule has 43 heavy (non-hydrogen) atoms. The first-order valence-corrected chi connectivity index (χ1v) is 20.4. The molecule has 0 rings (SSSR count). The summed E-state index contributed by atoms with van der Waals surface area (Å²) in [6, 6.07) is 0. The van der Waals surface area contributed by atoms with E-state index in [1.54, 1.807) is 20.8 Å². The van der Waals surface area contributed by atoms with Gasteiger partial charge >= 0.3 is 260 Å². The summed E-state index contributed by atoms with van der Waals surface area (Å²) in [6.07, 6.45) is 14.7. The van der Waals surface area contributed by atoms with E-state index in [2.05, 4.69) is 6.92 Å². The van der Waals surface area contributed by atoms with Gasteiger partial charge in [0.05, 0.1) is 0 Å². The molecule has 13 heteroatoms. The summed E-state index contributed by atoms with van der Waals surface area (Å²) in [6.45, 7) is 7.17. The summed E-state index contributed by atoms with van der Waals surface area (Å²) in [5, 5.41) is 0. The minimum atomic E-state index is -5.48. The Morgan fingerprint density at radius 3 is 1.00 bits per heavy atom. The number of hydrogen-bond acceptors (Lipinski definition) is 12. The van der Waals surface area contributed by atoms with Gasteiger partial charge in [0.25, 0.3) is 0 Å². The zero-order chi connectivity index (χ0) is 32.3. The molecule has 0 aliphatic rings. The van der Waals surface area contributed by atoms with Gasteiger partial charge in [0.1, 0.15) is 0 Å². The van der Waals surface area contributed by atoms with Crippen LogP contribution in [0, 0.1) is 0 Å². The van der Waals surface area contributed by atoms with E-state index < -0.39 is 55.4 Å². The van der Waals surface area contributed by atoms with Gasteiger partial charge in [-0.15, -0.1) is 0 Å². The van der Waals surface area contributed by atoms with Crippen LogP contribution in [0.25, 0.3) is 0 Å². The number of carbonyl (C=O) groups is 6. The average molecular weight is 717 g/mol. The molecule has 0 spiro atoms. The molecule has 0 fully saturated rings. The van der Waals surface area contributed by atoms with Crippen LogP contribution in [0.4, 0.5) is 0 Å². The van der Waals surface area contributed by atoms with Crippen molar-refractivity contribution >= 4 is 55.4 Å². The second-order valence-corrected chi connectivity index (χ2v) is 16.2. The Hall–Kier alpha value is -3.16. The summed E-state index contributed by atoms with van der Waals surface area (Å²) in [4.78, 5) is 73.1. The van der Waals surface area contributed by atoms with Crippen molar-refractivity contribution in [3.05, 3.63) is 36.5 Å². The van der Waals surface area contributed by atoms with E-state index in [0.29, 0.717) is 12.8 Å². The summed E-state index contributed by atoms with van der Waals surface area (Å²) in [7, 11) is 0. The Morgan fingerprint density at radius 2 is 0.698 bits per heavy atom. The summed E-state index contributed by atoms with van der Waals surface area (Å²) in [5.41, 5.74) is 0. The number of carbonyl (C=O) groups excluding carboxylic acids is 6. The van der Waals surface area contributed by atoms with Gasteiger partial charge in [-0.1, -0.05) is 0 Å².